The van der Waals surface area contributed by atoms with Crippen LogP contribution in [0.1, 0.15) is 11.1 Å². The Bertz CT molecular complexity index is 619. The van der Waals surface area contributed by atoms with Crippen molar-refractivity contribution in [2.45, 2.75) is 12.3 Å². The molecule has 21 heavy (non-hydrogen) atoms. The van der Waals surface area contributed by atoms with E-state index in [0.29, 0.717) is 17.3 Å². The minimum absolute atomic E-state index is 0.0303. The van der Waals surface area contributed by atoms with Crippen LogP contribution in [0.15, 0.2) is 48.5 Å². The van der Waals surface area contributed by atoms with Gasteiger partial charge in [0.2, 0.25) is 5.91 Å². The number of anilines is 1. The van der Waals surface area contributed by atoms with Crippen LogP contribution in [0.4, 0.5) is 5.69 Å². The molecular formula is C16H17ClN2OS. The van der Waals surface area contributed by atoms with Crippen molar-refractivity contribution in [3.8, 4) is 0 Å². The molecule has 0 saturated carbocycles. The highest BCUT2D eigenvalue weighted by atomic mass is 35.5. The van der Waals surface area contributed by atoms with Gasteiger partial charge in [0.15, 0.2) is 0 Å². The fourth-order valence-corrected chi connectivity index (χ4v) is 2.84. The van der Waals surface area contributed by atoms with Gasteiger partial charge in [0.05, 0.1) is 5.75 Å². The van der Waals surface area contributed by atoms with Gasteiger partial charge in [-0.3, -0.25) is 4.79 Å². The molecule has 2 aromatic rings. The summed E-state index contributed by atoms with van der Waals surface area (Å²) in [5.74, 6) is 1.16. The molecule has 3 N–H and O–H groups in total. The quantitative estimate of drug-likeness (QED) is 0.853. The van der Waals surface area contributed by atoms with Gasteiger partial charge in [-0.15, -0.1) is 11.8 Å². The summed E-state index contributed by atoms with van der Waals surface area (Å²) in [6.07, 6.45) is 0. The topological polar surface area (TPSA) is 55.1 Å². The van der Waals surface area contributed by atoms with Crippen LogP contribution in [0, 0.1) is 0 Å². The summed E-state index contributed by atoms with van der Waals surface area (Å²) in [6.45, 7) is 0.535. The van der Waals surface area contributed by atoms with Crippen LogP contribution < -0.4 is 11.1 Å². The second-order valence-corrected chi connectivity index (χ2v) is 6.00. The molecule has 0 aromatic heterocycles. The van der Waals surface area contributed by atoms with E-state index in [9.17, 15) is 4.79 Å². The Balaban J connectivity index is 1.79. The molecule has 0 spiro atoms. The first-order valence-corrected chi connectivity index (χ1v) is 8.11. The lowest BCUT2D eigenvalue weighted by Gasteiger charge is -2.06. The number of benzene rings is 2. The van der Waals surface area contributed by atoms with Gasteiger partial charge in [0.1, 0.15) is 0 Å². The summed E-state index contributed by atoms with van der Waals surface area (Å²) in [5, 5.41) is 3.44. The molecular weight excluding hydrogens is 304 g/mol. The minimum atomic E-state index is -0.0303. The first-order valence-electron chi connectivity index (χ1n) is 6.58. The summed E-state index contributed by atoms with van der Waals surface area (Å²) in [4.78, 5) is 11.8. The molecule has 2 aromatic carbocycles. The molecule has 110 valence electrons. The lowest BCUT2D eigenvalue weighted by molar-refractivity contribution is -0.113. The number of hydrogen-bond acceptors (Lipinski definition) is 3. The number of carbonyl (C=O) groups excluding carboxylic acids is 1. The van der Waals surface area contributed by atoms with Crippen molar-refractivity contribution >= 4 is 35.0 Å². The van der Waals surface area contributed by atoms with Gasteiger partial charge >= 0.3 is 0 Å². The Morgan fingerprint density at radius 2 is 1.90 bits per heavy atom. The maximum Gasteiger partial charge on any atom is 0.234 e. The van der Waals surface area contributed by atoms with Crippen LogP contribution in [-0.2, 0) is 17.1 Å². The molecule has 2 rings (SSSR count). The van der Waals surface area contributed by atoms with Gasteiger partial charge in [-0.25, -0.2) is 0 Å². The number of nitrogens with two attached hydrogens (primary N) is 1. The predicted octanol–water partition coefficient (Wildman–Crippen LogP) is 3.67. The summed E-state index contributed by atoms with van der Waals surface area (Å²) >= 11 is 7.45. The standard InChI is InChI=1S/C16H17ClN2OS/c17-14-5-2-6-15(8-14)19-16(20)11-21-10-13-4-1-3-12(7-13)9-18/h1-8H,9-11,18H2,(H,19,20). The Hall–Kier alpha value is -1.49. The SMILES string of the molecule is NCc1cccc(CSCC(=O)Nc2cccc(Cl)c2)c1. The Kier molecular flexibility index (Phi) is 6.11. The zero-order valence-electron chi connectivity index (χ0n) is 11.5. The van der Waals surface area contributed by atoms with Crippen LogP contribution in [0.3, 0.4) is 0 Å². The van der Waals surface area contributed by atoms with E-state index in [-0.39, 0.29) is 5.91 Å². The second-order valence-electron chi connectivity index (χ2n) is 4.58. The van der Waals surface area contributed by atoms with E-state index in [1.165, 1.54) is 5.56 Å². The number of rotatable bonds is 6. The summed E-state index contributed by atoms with van der Waals surface area (Å²) in [5.41, 5.74) is 8.62. The van der Waals surface area contributed by atoms with Crippen LogP contribution in [0.25, 0.3) is 0 Å². The van der Waals surface area contributed by atoms with Gasteiger partial charge < -0.3 is 11.1 Å². The maximum absolute atomic E-state index is 11.8. The maximum atomic E-state index is 11.8. The van der Waals surface area contributed by atoms with E-state index < -0.39 is 0 Å². The summed E-state index contributed by atoms with van der Waals surface area (Å²) < 4.78 is 0. The molecule has 0 atom stereocenters. The first-order chi connectivity index (χ1) is 10.2. The van der Waals surface area contributed by atoms with Crippen molar-refractivity contribution in [2.24, 2.45) is 5.73 Å². The average molecular weight is 321 g/mol. The molecule has 0 bridgehead atoms. The zero-order valence-corrected chi connectivity index (χ0v) is 13.1. The number of halogens is 1. The molecule has 0 unspecified atom stereocenters. The number of hydrogen-bond donors (Lipinski definition) is 2. The Labute approximate surface area is 133 Å². The zero-order chi connectivity index (χ0) is 15.1. The van der Waals surface area contributed by atoms with Crippen LogP contribution in [0.5, 0.6) is 0 Å². The van der Waals surface area contributed by atoms with E-state index in [4.69, 9.17) is 17.3 Å². The molecule has 0 heterocycles. The molecule has 3 nitrogen and oxygen atoms in total. The molecule has 0 aliphatic rings. The first kappa shape index (κ1) is 15.9. The fraction of sp³-hybridized carbons (Fsp3) is 0.188. The molecule has 0 saturated heterocycles. The van der Waals surface area contributed by atoms with Gasteiger partial charge in [-0.1, -0.05) is 41.9 Å². The lowest BCUT2D eigenvalue weighted by Crippen LogP contribution is -2.14. The number of nitrogens with one attached hydrogen (secondary N) is 1. The van der Waals surface area contributed by atoms with E-state index in [2.05, 4.69) is 11.4 Å². The van der Waals surface area contributed by atoms with Crippen molar-refractivity contribution < 1.29 is 4.79 Å². The number of carbonyl (C=O) groups is 1. The summed E-state index contributed by atoms with van der Waals surface area (Å²) in [6, 6.07) is 15.2. The highest BCUT2D eigenvalue weighted by molar-refractivity contribution is 7.99. The smallest absolute Gasteiger partial charge is 0.234 e. The normalized spacial score (nSPS) is 10.4. The van der Waals surface area contributed by atoms with Crippen molar-refractivity contribution in [1.29, 1.82) is 0 Å². The third kappa shape index (κ3) is 5.42. The van der Waals surface area contributed by atoms with Gasteiger partial charge in [-0.2, -0.15) is 0 Å². The lowest BCUT2D eigenvalue weighted by atomic mass is 10.1. The highest BCUT2D eigenvalue weighted by Crippen LogP contribution is 2.17. The van der Waals surface area contributed by atoms with Crippen molar-refractivity contribution in [3.63, 3.8) is 0 Å². The second kappa shape index (κ2) is 8.08. The average Bonchev–Trinajstić information content (AvgIpc) is 2.47. The van der Waals surface area contributed by atoms with Gasteiger partial charge in [0.25, 0.3) is 0 Å². The van der Waals surface area contributed by atoms with Crippen molar-refractivity contribution in [2.75, 3.05) is 11.1 Å². The summed E-state index contributed by atoms with van der Waals surface area (Å²) in [7, 11) is 0. The Morgan fingerprint density at radius 1 is 1.14 bits per heavy atom. The van der Waals surface area contributed by atoms with Crippen LogP contribution in [-0.4, -0.2) is 11.7 Å². The molecule has 5 heteroatoms. The van der Waals surface area contributed by atoms with Crippen molar-refractivity contribution in [1.82, 2.24) is 0 Å². The third-order valence-electron chi connectivity index (χ3n) is 2.84. The van der Waals surface area contributed by atoms with Gasteiger partial charge in [-0.05, 0) is 29.3 Å². The van der Waals surface area contributed by atoms with E-state index >= 15 is 0 Å². The van der Waals surface area contributed by atoms with Crippen molar-refractivity contribution in [3.05, 3.63) is 64.7 Å². The van der Waals surface area contributed by atoms with E-state index in [0.717, 1.165) is 17.0 Å². The van der Waals surface area contributed by atoms with Crippen LogP contribution >= 0.6 is 23.4 Å². The monoisotopic (exact) mass is 320 g/mol. The van der Waals surface area contributed by atoms with E-state index in [1.807, 2.05) is 30.3 Å². The highest BCUT2D eigenvalue weighted by Gasteiger charge is 2.04. The minimum Gasteiger partial charge on any atom is -0.326 e. The van der Waals surface area contributed by atoms with E-state index in [1.54, 1.807) is 23.9 Å². The number of thioether (sulfide) groups is 1. The predicted molar refractivity (Wildman–Crippen MR) is 90.6 cm³/mol. The molecule has 0 aliphatic heterocycles. The van der Waals surface area contributed by atoms with Crippen LogP contribution in [0.2, 0.25) is 5.02 Å². The Morgan fingerprint density at radius 3 is 2.67 bits per heavy atom. The number of amides is 1. The van der Waals surface area contributed by atoms with Gasteiger partial charge in [0, 0.05) is 23.0 Å². The fourth-order valence-electron chi connectivity index (χ4n) is 1.87. The molecule has 1 amide bonds. The molecule has 0 fully saturated rings. The third-order valence-corrected chi connectivity index (χ3v) is 4.08. The largest absolute Gasteiger partial charge is 0.326 e. The molecule has 0 aliphatic carbocycles. The molecule has 0 radical (unpaired) electrons.